The number of H-pyrrole nitrogens is 2. The highest BCUT2D eigenvalue weighted by Gasteiger charge is 2.55. The average Bonchev–Trinajstić information content (AvgIpc) is 3.68. The zero-order valence-electron chi connectivity index (χ0n) is 21.0. The smallest absolute Gasteiger partial charge is 0.294 e. The Morgan fingerprint density at radius 1 is 1.24 bits per heavy atom. The molecule has 2 aliphatic rings. The van der Waals surface area contributed by atoms with Crippen molar-refractivity contribution in [2.24, 2.45) is 0 Å². The third-order valence-electron chi connectivity index (χ3n) is 7.12. The highest BCUT2D eigenvalue weighted by molar-refractivity contribution is 8.46. The number of hydrogen-bond acceptors (Lipinski definition) is 13. The highest BCUT2D eigenvalue weighted by atomic mass is 32.7. The monoisotopic (exact) mass is 613 g/mol. The normalized spacial score (nSPS) is 29.9. The molecule has 0 aromatic carbocycles. The predicted octanol–water partition coefficient (Wildman–Crippen LogP) is -0.550. The molecule has 0 aliphatic carbocycles. The fourth-order valence-corrected chi connectivity index (χ4v) is 7.71. The summed E-state index contributed by atoms with van der Waals surface area (Å²) in [4.78, 5) is 41.0. The number of aliphatic hydroxyl groups is 2. The molecular formula is C21H25FN9O8PS. The van der Waals surface area contributed by atoms with Gasteiger partial charge in [-0.2, -0.15) is 10.1 Å². The van der Waals surface area contributed by atoms with Crippen LogP contribution in [0.25, 0.3) is 16.8 Å². The minimum Gasteiger partial charge on any atom is -0.396 e. The second-order valence-electron chi connectivity index (χ2n) is 9.65. The first-order chi connectivity index (χ1) is 19.6. The van der Waals surface area contributed by atoms with Crippen LogP contribution < -0.4 is 16.9 Å². The fourth-order valence-electron chi connectivity index (χ4n) is 5.17. The third-order valence-corrected chi connectivity index (χ3v) is 10.1. The molecule has 0 amide bonds. The van der Waals surface area contributed by atoms with Gasteiger partial charge in [0, 0.05) is 13.0 Å². The number of nitrogens with two attached hydrogens (primary N) is 1. The van der Waals surface area contributed by atoms with E-state index in [0.29, 0.717) is 5.69 Å². The summed E-state index contributed by atoms with van der Waals surface area (Å²) in [7, 11) is 0. The Hall–Kier alpha value is -3.19. The van der Waals surface area contributed by atoms with Crippen molar-refractivity contribution in [2.75, 3.05) is 18.9 Å². The van der Waals surface area contributed by atoms with E-state index >= 15 is 4.39 Å². The maximum absolute atomic E-state index is 15.7. The Kier molecular flexibility index (Phi) is 7.21. The maximum Gasteiger partial charge on any atom is 0.294 e. The lowest BCUT2D eigenvalue weighted by molar-refractivity contribution is -0.0206. The van der Waals surface area contributed by atoms with E-state index in [1.807, 2.05) is 0 Å². The van der Waals surface area contributed by atoms with Gasteiger partial charge in [-0.1, -0.05) is 12.2 Å². The van der Waals surface area contributed by atoms with Crippen LogP contribution in [0.1, 0.15) is 30.9 Å². The average molecular weight is 614 g/mol. The second-order valence-corrected chi connectivity index (χ2v) is 13.3. The van der Waals surface area contributed by atoms with Crippen molar-refractivity contribution in [3.63, 3.8) is 0 Å². The molecule has 0 saturated carbocycles. The van der Waals surface area contributed by atoms with E-state index in [2.05, 4.69) is 42.3 Å². The number of rotatable bonds is 8. The van der Waals surface area contributed by atoms with Gasteiger partial charge in [-0.05, 0) is 6.42 Å². The fraction of sp³-hybridized carbons (Fsp3) is 0.524. The number of halogens is 1. The molecule has 41 heavy (non-hydrogen) atoms. The summed E-state index contributed by atoms with van der Waals surface area (Å²) in [5.74, 6) is -0.222. The van der Waals surface area contributed by atoms with Gasteiger partial charge >= 0.3 is 0 Å². The van der Waals surface area contributed by atoms with Gasteiger partial charge in [0.25, 0.3) is 17.7 Å². The number of nitrogens with one attached hydrogen (secondary N) is 2. The summed E-state index contributed by atoms with van der Waals surface area (Å²) in [5, 5.41) is 24.1. The van der Waals surface area contributed by atoms with Gasteiger partial charge in [0.2, 0.25) is 11.6 Å². The van der Waals surface area contributed by atoms with Crippen molar-refractivity contribution < 1.29 is 33.2 Å². The number of hydrogen-bond donors (Lipinski definition) is 6. The standard InChI is InChI=1S/C21H25FN9O8PS/c22-13-10(1-2-32)39-20(30-7-26-14-16(30)28-21(23)29-18(14)34)15(13)40(36,41)37-5-12-9(33)3-11(38-12)8-4-24-17-19(35)25-6-27-31(8)17/h4,6-7,9-13,15,20,32-33H,1-3,5H2,(H,36,41)(H,25,27,35)(H3,23,28,29,34)/t9-,10+,11+,12+,13+,15+,20+,40?/m0/s1. The zero-order valence-corrected chi connectivity index (χ0v) is 22.8. The van der Waals surface area contributed by atoms with Crippen LogP contribution in [-0.2, 0) is 18.6 Å². The van der Waals surface area contributed by atoms with Crippen LogP contribution in [0.2, 0.25) is 0 Å². The van der Waals surface area contributed by atoms with Crippen LogP contribution in [0.3, 0.4) is 0 Å². The number of imidazole rings is 2. The molecule has 20 heteroatoms. The van der Waals surface area contributed by atoms with E-state index in [1.165, 1.54) is 27.9 Å². The van der Waals surface area contributed by atoms with Crippen LogP contribution in [-0.4, -0.2) is 92.7 Å². The molecule has 4 aromatic heterocycles. The molecule has 8 atom stereocenters. The van der Waals surface area contributed by atoms with Gasteiger partial charge in [-0.3, -0.25) is 23.7 Å². The van der Waals surface area contributed by atoms with Crippen molar-refractivity contribution in [3.05, 3.63) is 45.3 Å². The first-order valence-electron chi connectivity index (χ1n) is 12.4. The molecule has 6 N–H and O–H groups in total. The number of aromatic nitrogens is 8. The number of aromatic amines is 2. The molecule has 4 aromatic rings. The Morgan fingerprint density at radius 2 is 2.05 bits per heavy atom. The Balaban J connectivity index is 1.24. The van der Waals surface area contributed by atoms with Crippen LogP contribution in [0, 0.1) is 0 Å². The van der Waals surface area contributed by atoms with E-state index in [-0.39, 0.29) is 35.6 Å². The van der Waals surface area contributed by atoms with Crippen molar-refractivity contribution in [2.45, 2.75) is 55.3 Å². The SMILES string of the molecule is Nc1nc2c(ncn2[C@@H]2O[C@H](CCO)[C@@H](F)[C@H]2P(=O)(S)OC[C@H]2O[C@@H](c3cnc4c(=O)[nH]cnn34)C[C@@H]2O)c(=O)[nH]1. The maximum atomic E-state index is 15.7. The number of thiol groups is 1. The number of anilines is 1. The lowest BCUT2D eigenvalue weighted by Gasteiger charge is -2.27. The van der Waals surface area contributed by atoms with E-state index in [9.17, 15) is 24.4 Å². The summed E-state index contributed by atoms with van der Waals surface area (Å²) in [5.41, 5.74) is 3.38. The van der Waals surface area contributed by atoms with E-state index in [1.54, 1.807) is 0 Å². The van der Waals surface area contributed by atoms with Crippen molar-refractivity contribution in [1.82, 2.24) is 39.1 Å². The number of ether oxygens (including phenoxy) is 2. The van der Waals surface area contributed by atoms with Gasteiger partial charge < -0.3 is 34.9 Å². The van der Waals surface area contributed by atoms with Gasteiger partial charge in [-0.15, -0.1) is 0 Å². The predicted molar refractivity (Wildman–Crippen MR) is 141 cm³/mol. The van der Waals surface area contributed by atoms with Gasteiger partial charge in [-0.25, -0.2) is 18.9 Å². The van der Waals surface area contributed by atoms with Crippen molar-refractivity contribution in [3.8, 4) is 0 Å². The molecule has 2 saturated heterocycles. The lowest BCUT2D eigenvalue weighted by atomic mass is 10.1. The van der Waals surface area contributed by atoms with Crippen molar-refractivity contribution >= 4 is 41.6 Å². The number of fused-ring (bicyclic) bond motifs is 2. The molecule has 220 valence electrons. The molecule has 0 radical (unpaired) electrons. The van der Waals surface area contributed by atoms with Crippen LogP contribution in [0.4, 0.5) is 10.3 Å². The summed E-state index contributed by atoms with van der Waals surface area (Å²) < 4.78 is 49.5. The Bertz CT molecular complexity index is 1760. The molecule has 2 fully saturated rings. The van der Waals surface area contributed by atoms with Crippen molar-refractivity contribution in [1.29, 1.82) is 0 Å². The summed E-state index contributed by atoms with van der Waals surface area (Å²) in [6, 6.07) is 0. The Morgan fingerprint density at radius 3 is 2.83 bits per heavy atom. The number of alkyl halides is 1. The van der Waals surface area contributed by atoms with Gasteiger partial charge in [0.05, 0.1) is 37.0 Å². The zero-order chi connectivity index (χ0) is 29.1. The van der Waals surface area contributed by atoms with Crippen LogP contribution in [0.15, 0.2) is 28.4 Å². The molecule has 2 aliphatic heterocycles. The number of nitrogens with zero attached hydrogens (tertiary/aromatic N) is 6. The van der Waals surface area contributed by atoms with E-state index in [4.69, 9.17) is 19.7 Å². The topological polar surface area (TPSA) is 238 Å². The Labute approximate surface area is 233 Å². The first kappa shape index (κ1) is 28.0. The number of aliphatic hydroxyl groups excluding tert-OH is 2. The third kappa shape index (κ3) is 4.86. The minimum absolute atomic E-state index is 0.0377. The highest BCUT2D eigenvalue weighted by Crippen LogP contribution is 2.64. The minimum atomic E-state index is -4.21. The quantitative estimate of drug-likeness (QED) is 0.108. The summed E-state index contributed by atoms with van der Waals surface area (Å²) >= 11 is 4.22. The first-order valence-corrected chi connectivity index (χ1v) is 15.3. The molecule has 6 rings (SSSR count). The summed E-state index contributed by atoms with van der Waals surface area (Å²) in [6.07, 6.45) is -3.46. The van der Waals surface area contributed by atoms with Crippen LogP contribution >= 0.6 is 18.8 Å². The molecule has 1 unspecified atom stereocenters. The lowest BCUT2D eigenvalue weighted by Crippen LogP contribution is -2.31. The van der Waals surface area contributed by atoms with E-state index in [0.717, 1.165) is 0 Å². The van der Waals surface area contributed by atoms with Crippen LogP contribution in [0.5, 0.6) is 0 Å². The largest absolute Gasteiger partial charge is 0.396 e. The molecule has 6 heterocycles. The van der Waals surface area contributed by atoms with Gasteiger partial charge in [0.15, 0.2) is 17.4 Å². The van der Waals surface area contributed by atoms with Gasteiger partial charge in [0.1, 0.15) is 30.4 Å². The molecule has 0 spiro atoms. The molecule has 17 nitrogen and oxygen atoms in total. The molecular weight excluding hydrogens is 588 g/mol. The second kappa shape index (κ2) is 10.6. The summed E-state index contributed by atoms with van der Waals surface area (Å²) in [6.45, 7) is -5.05. The van der Waals surface area contributed by atoms with E-state index < -0.39 is 73.4 Å². The number of nitrogen functional groups attached to an aromatic ring is 1. The molecule has 0 bridgehead atoms.